The second kappa shape index (κ2) is 6.99. The third-order valence-corrected chi connectivity index (χ3v) is 2.35. The van der Waals surface area contributed by atoms with Crippen LogP contribution in [0.3, 0.4) is 0 Å². The maximum atomic E-state index is 4.00. The molecule has 0 unspecified atom stereocenters. The van der Waals surface area contributed by atoms with Crippen LogP contribution < -0.4 is 0 Å². The predicted octanol–water partition coefficient (Wildman–Crippen LogP) is 4.31. The van der Waals surface area contributed by atoms with Gasteiger partial charge in [-0.3, -0.25) is 4.99 Å². The van der Waals surface area contributed by atoms with Gasteiger partial charge in [0.15, 0.2) is 0 Å². The summed E-state index contributed by atoms with van der Waals surface area (Å²) in [5, 5.41) is 0. The first-order valence-electron chi connectivity index (χ1n) is 5.18. The molecule has 0 bridgehead atoms. The molecule has 0 N–H and O–H groups in total. The van der Waals surface area contributed by atoms with Crippen LogP contribution in [0.15, 0.2) is 53.2 Å². The summed E-state index contributed by atoms with van der Waals surface area (Å²) in [5.74, 6) is 0.572. The number of aliphatic imine (C=N–C) groups is 1. The second-order valence-corrected chi connectivity index (χ2v) is 3.85. The molecule has 0 aliphatic heterocycles. The zero-order valence-corrected chi connectivity index (χ0v) is 10.2. The van der Waals surface area contributed by atoms with E-state index in [4.69, 9.17) is 0 Å². The van der Waals surface area contributed by atoms with E-state index in [9.17, 15) is 0 Å². The van der Waals surface area contributed by atoms with Crippen molar-refractivity contribution in [3.8, 4) is 0 Å². The van der Waals surface area contributed by atoms with Gasteiger partial charge in [-0.25, -0.2) is 0 Å². The molecule has 82 valence electrons. The van der Waals surface area contributed by atoms with Crippen molar-refractivity contribution < 1.29 is 0 Å². The highest BCUT2D eigenvalue weighted by Gasteiger charge is 1.98. The molecule has 1 nitrogen and oxygen atoms in total. The summed E-state index contributed by atoms with van der Waals surface area (Å²) in [7, 11) is 0. The van der Waals surface area contributed by atoms with Crippen LogP contribution in [0.1, 0.15) is 27.7 Å². The number of nitrogens with zero attached hydrogens (tertiary/aromatic N) is 1. The first-order chi connectivity index (χ1) is 7.02. The molecule has 0 spiro atoms. The van der Waals surface area contributed by atoms with E-state index in [0.717, 1.165) is 5.57 Å². The Bertz CT molecular complexity index is 314. The zero-order valence-electron chi connectivity index (χ0n) is 10.2. The summed E-state index contributed by atoms with van der Waals surface area (Å²) in [4.78, 5) is 4.00. The maximum absolute atomic E-state index is 4.00. The van der Waals surface area contributed by atoms with Crippen LogP contribution in [-0.2, 0) is 0 Å². The Morgan fingerprint density at radius 2 is 1.80 bits per heavy atom. The normalized spacial score (nSPS) is 14.3. The highest BCUT2D eigenvalue weighted by Crippen LogP contribution is 2.13. The van der Waals surface area contributed by atoms with E-state index in [1.807, 2.05) is 6.08 Å². The number of hydrogen-bond acceptors (Lipinski definition) is 1. The van der Waals surface area contributed by atoms with Crippen LogP contribution in [0, 0.1) is 5.92 Å². The molecule has 0 amide bonds. The summed E-state index contributed by atoms with van der Waals surface area (Å²) in [6.07, 6.45) is 7.29. The highest BCUT2D eigenvalue weighted by atomic mass is 14.7. The lowest BCUT2D eigenvalue weighted by Crippen LogP contribution is -1.91. The van der Waals surface area contributed by atoms with E-state index in [0.29, 0.717) is 5.92 Å². The Morgan fingerprint density at radius 1 is 1.20 bits per heavy atom. The highest BCUT2D eigenvalue weighted by molar-refractivity contribution is 5.84. The molecule has 0 heterocycles. The smallest absolute Gasteiger partial charge is 0.0342 e. The van der Waals surface area contributed by atoms with Crippen LogP contribution in [0.4, 0.5) is 0 Å². The van der Waals surface area contributed by atoms with Crippen molar-refractivity contribution in [3.63, 3.8) is 0 Å². The van der Waals surface area contributed by atoms with E-state index in [1.54, 1.807) is 6.21 Å². The summed E-state index contributed by atoms with van der Waals surface area (Å²) >= 11 is 0. The van der Waals surface area contributed by atoms with Crippen LogP contribution in [0.5, 0.6) is 0 Å². The third-order valence-electron chi connectivity index (χ3n) is 2.35. The molecule has 0 saturated carbocycles. The van der Waals surface area contributed by atoms with Crippen molar-refractivity contribution in [1.29, 1.82) is 0 Å². The Balaban J connectivity index is 5.04. The number of allylic oxidation sites excluding steroid dienone is 5. The zero-order chi connectivity index (χ0) is 11.8. The van der Waals surface area contributed by atoms with Crippen LogP contribution in [0.2, 0.25) is 0 Å². The first kappa shape index (κ1) is 13.6. The molecule has 0 rings (SSSR count). The van der Waals surface area contributed by atoms with Crippen molar-refractivity contribution in [2.75, 3.05) is 0 Å². The molecule has 0 atom stereocenters. The minimum Gasteiger partial charge on any atom is -0.265 e. The lowest BCUT2D eigenvalue weighted by Gasteiger charge is -2.06. The SMILES string of the molecule is C=C\N=C/C(C=C)=C(C)/C=C(\C)C(C)C. The van der Waals surface area contributed by atoms with Gasteiger partial charge in [-0.05, 0) is 30.9 Å². The van der Waals surface area contributed by atoms with Crippen molar-refractivity contribution in [3.05, 3.63) is 48.2 Å². The van der Waals surface area contributed by atoms with Gasteiger partial charge < -0.3 is 0 Å². The summed E-state index contributed by atoms with van der Waals surface area (Å²) in [5.41, 5.74) is 3.58. The standard InChI is InChI=1S/C14H21N/c1-7-14(10-15-8-2)13(6)9-12(5)11(3)4/h7-11H,1-2H2,3-6H3/b12-9+,14-13+,15-10-. The van der Waals surface area contributed by atoms with E-state index in [2.05, 4.69) is 51.9 Å². The molecular weight excluding hydrogens is 182 g/mol. The molecule has 0 fully saturated rings. The summed E-state index contributed by atoms with van der Waals surface area (Å²) in [6.45, 7) is 15.9. The lowest BCUT2D eigenvalue weighted by atomic mass is 10.0. The molecular formula is C14H21N. The van der Waals surface area contributed by atoms with Gasteiger partial charge in [-0.15, -0.1) is 0 Å². The van der Waals surface area contributed by atoms with Crippen LogP contribution in [-0.4, -0.2) is 6.21 Å². The van der Waals surface area contributed by atoms with E-state index < -0.39 is 0 Å². The largest absolute Gasteiger partial charge is 0.265 e. The molecule has 15 heavy (non-hydrogen) atoms. The molecule has 0 saturated heterocycles. The van der Waals surface area contributed by atoms with Crippen molar-refractivity contribution in [2.24, 2.45) is 10.9 Å². The topological polar surface area (TPSA) is 12.4 Å². The molecule has 0 aromatic heterocycles. The van der Waals surface area contributed by atoms with Gasteiger partial charge in [0, 0.05) is 12.4 Å². The molecule has 1 heteroatoms. The first-order valence-corrected chi connectivity index (χ1v) is 5.18. The monoisotopic (exact) mass is 203 g/mol. The second-order valence-electron chi connectivity index (χ2n) is 3.85. The Labute approximate surface area is 93.6 Å². The van der Waals surface area contributed by atoms with Crippen molar-refractivity contribution >= 4 is 6.21 Å². The lowest BCUT2D eigenvalue weighted by molar-refractivity contribution is 0.768. The minimum absolute atomic E-state index is 0.572. The quantitative estimate of drug-likeness (QED) is 0.466. The van der Waals surface area contributed by atoms with Gasteiger partial charge in [-0.2, -0.15) is 0 Å². The molecule has 0 aromatic rings. The molecule has 0 radical (unpaired) electrons. The Morgan fingerprint density at radius 3 is 2.20 bits per heavy atom. The summed E-state index contributed by atoms with van der Waals surface area (Å²) < 4.78 is 0. The average Bonchev–Trinajstić information content (AvgIpc) is 2.18. The van der Waals surface area contributed by atoms with Gasteiger partial charge in [0.1, 0.15) is 0 Å². The van der Waals surface area contributed by atoms with E-state index in [-0.39, 0.29) is 0 Å². The fourth-order valence-electron chi connectivity index (χ4n) is 1.04. The van der Waals surface area contributed by atoms with Gasteiger partial charge in [0.05, 0.1) is 0 Å². The van der Waals surface area contributed by atoms with Gasteiger partial charge >= 0.3 is 0 Å². The van der Waals surface area contributed by atoms with Gasteiger partial charge in [-0.1, -0.05) is 44.7 Å². The van der Waals surface area contributed by atoms with Gasteiger partial charge in [0.25, 0.3) is 0 Å². The molecule has 0 aromatic carbocycles. The Hall–Kier alpha value is -1.37. The van der Waals surface area contributed by atoms with Crippen LogP contribution in [0.25, 0.3) is 0 Å². The maximum Gasteiger partial charge on any atom is 0.0342 e. The fraction of sp³-hybridized carbons (Fsp3) is 0.357. The van der Waals surface area contributed by atoms with Crippen molar-refractivity contribution in [1.82, 2.24) is 0 Å². The van der Waals surface area contributed by atoms with Crippen LogP contribution >= 0.6 is 0 Å². The number of hydrogen-bond donors (Lipinski definition) is 0. The molecule has 0 aliphatic rings. The average molecular weight is 203 g/mol. The summed E-state index contributed by atoms with van der Waals surface area (Å²) in [6, 6.07) is 0. The van der Waals surface area contributed by atoms with Crippen molar-refractivity contribution in [2.45, 2.75) is 27.7 Å². The fourth-order valence-corrected chi connectivity index (χ4v) is 1.04. The van der Waals surface area contributed by atoms with E-state index in [1.165, 1.54) is 17.3 Å². The predicted molar refractivity (Wildman–Crippen MR) is 70.2 cm³/mol. The minimum atomic E-state index is 0.572. The number of rotatable bonds is 5. The van der Waals surface area contributed by atoms with Gasteiger partial charge in [0.2, 0.25) is 0 Å². The van der Waals surface area contributed by atoms with E-state index >= 15 is 0 Å². The Kier molecular flexibility index (Phi) is 6.35. The molecule has 0 aliphatic carbocycles. The third kappa shape index (κ3) is 5.16.